The van der Waals surface area contributed by atoms with Crippen molar-refractivity contribution in [3.8, 4) is 0 Å². The Kier molecular flexibility index (Phi) is 4.82. The van der Waals surface area contributed by atoms with Crippen molar-refractivity contribution in [1.29, 1.82) is 0 Å². The topological polar surface area (TPSA) is 85.1 Å². The lowest BCUT2D eigenvalue weighted by Crippen LogP contribution is -2.36. The van der Waals surface area contributed by atoms with Crippen molar-refractivity contribution >= 4 is 23.0 Å². The van der Waals surface area contributed by atoms with E-state index in [0.717, 1.165) is 69.2 Å². The summed E-state index contributed by atoms with van der Waals surface area (Å²) in [7, 11) is 1.80. The summed E-state index contributed by atoms with van der Waals surface area (Å²) in [5.41, 5.74) is 1.87. The Morgan fingerprint density at radius 1 is 1.17 bits per heavy atom. The first-order valence-corrected chi connectivity index (χ1v) is 11.4. The quantitative estimate of drug-likeness (QED) is 0.838. The first-order chi connectivity index (χ1) is 14.5. The highest BCUT2D eigenvalue weighted by molar-refractivity contribution is 5.73. The van der Waals surface area contributed by atoms with Crippen molar-refractivity contribution in [2.75, 3.05) is 18.4 Å². The van der Waals surface area contributed by atoms with E-state index < -0.39 is 0 Å². The Bertz CT molecular complexity index is 1010. The molecule has 3 heterocycles. The number of hydrogen-bond acceptors (Lipinski definition) is 5. The molecule has 1 amide bonds. The van der Waals surface area contributed by atoms with Gasteiger partial charge in [-0.25, -0.2) is 9.78 Å². The molecule has 1 spiro atoms. The van der Waals surface area contributed by atoms with Gasteiger partial charge in [-0.3, -0.25) is 13.9 Å². The van der Waals surface area contributed by atoms with Crippen molar-refractivity contribution < 1.29 is 4.79 Å². The van der Waals surface area contributed by atoms with E-state index in [1.54, 1.807) is 24.7 Å². The summed E-state index contributed by atoms with van der Waals surface area (Å²) in [6, 6.07) is 0.597. The number of imidazole rings is 1. The summed E-state index contributed by atoms with van der Waals surface area (Å²) in [6.07, 6.45) is 11.8. The third kappa shape index (κ3) is 3.30. The van der Waals surface area contributed by atoms with E-state index in [1.165, 1.54) is 12.8 Å². The number of aryl methyl sites for hydroxylation is 1. The third-order valence-electron chi connectivity index (χ3n) is 7.79. The molecule has 2 saturated carbocycles. The van der Waals surface area contributed by atoms with Gasteiger partial charge in [-0.2, -0.15) is 4.98 Å². The van der Waals surface area contributed by atoms with Crippen molar-refractivity contribution in [2.45, 2.75) is 76.8 Å². The van der Waals surface area contributed by atoms with Gasteiger partial charge in [0.1, 0.15) is 5.52 Å². The SMILES string of the molecule is CC(=O)N1CCC2(CCC(Nc3ncc4c(n3)n(C3CCCC3)c(=O)n4C)CC2)C1. The first kappa shape index (κ1) is 19.6. The van der Waals surface area contributed by atoms with Gasteiger partial charge in [0.25, 0.3) is 0 Å². The minimum Gasteiger partial charge on any atom is -0.351 e. The molecule has 8 nitrogen and oxygen atoms in total. The molecule has 0 radical (unpaired) electrons. The number of fused-ring (bicyclic) bond motifs is 1. The molecule has 2 aromatic heterocycles. The molecule has 0 unspecified atom stereocenters. The Labute approximate surface area is 176 Å². The van der Waals surface area contributed by atoms with Gasteiger partial charge in [0.15, 0.2) is 5.65 Å². The van der Waals surface area contributed by atoms with E-state index in [2.05, 4.69) is 10.3 Å². The molecule has 30 heavy (non-hydrogen) atoms. The van der Waals surface area contributed by atoms with Gasteiger partial charge in [-0.05, 0) is 50.4 Å². The standard InChI is InChI=1S/C22H32N6O2/c1-15(29)27-12-11-22(14-27)9-7-16(8-10-22)24-20-23-13-18-19(25-20)28(21(30)26(18)2)17-5-3-4-6-17/h13,16-17H,3-12,14H2,1-2H3,(H,23,24,25). The fourth-order valence-electron chi connectivity index (χ4n) is 5.87. The lowest BCUT2D eigenvalue weighted by atomic mass is 9.72. The number of carbonyl (C=O) groups excluding carboxylic acids is 1. The average Bonchev–Trinajstić information content (AvgIpc) is 3.45. The molecular formula is C22H32N6O2. The van der Waals surface area contributed by atoms with Gasteiger partial charge < -0.3 is 10.2 Å². The van der Waals surface area contributed by atoms with Crippen LogP contribution in [-0.2, 0) is 11.8 Å². The van der Waals surface area contributed by atoms with Crippen LogP contribution in [0.2, 0.25) is 0 Å². The fraction of sp³-hybridized carbons (Fsp3) is 0.727. The molecule has 1 aliphatic heterocycles. The van der Waals surface area contributed by atoms with E-state index >= 15 is 0 Å². The summed E-state index contributed by atoms with van der Waals surface area (Å²) in [6.45, 7) is 3.49. The van der Waals surface area contributed by atoms with Crippen molar-refractivity contribution in [2.24, 2.45) is 12.5 Å². The maximum absolute atomic E-state index is 12.8. The second-order valence-corrected chi connectivity index (χ2v) is 9.66. The first-order valence-electron chi connectivity index (χ1n) is 11.4. The zero-order chi connectivity index (χ0) is 20.9. The highest BCUT2D eigenvalue weighted by Crippen LogP contribution is 2.44. The second kappa shape index (κ2) is 7.39. The number of aromatic nitrogens is 4. The van der Waals surface area contributed by atoms with Gasteiger partial charge in [-0.1, -0.05) is 12.8 Å². The maximum atomic E-state index is 12.8. The van der Waals surface area contributed by atoms with E-state index in [0.29, 0.717) is 17.4 Å². The molecule has 3 fully saturated rings. The number of amides is 1. The minimum absolute atomic E-state index is 0.0132. The average molecular weight is 413 g/mol. The zero-order valence-electron chi connectivity index (χ0n) is 18.1. The van der Waals surface area contributed by atoms with Crippen LogP contribution < -0.4 is 11.0 Å². The molecule has 2 aliphatic carbocycles. The van der Waals surface area contributed by atoms with E-state index in [1.807, 2.05) is 9.47 Å². The number of nitrogens with one attached hydrogen (secondary N) is 1. The maximum Gasteiger partial charge on any atom is 0.330 e. The van der Waals surface area contributed by atoms with Crippen LogP contribution in [0.5, 0.6) is 0 Å². The molecule has 1 N–H and O–H groups in total. The Balaban J connectivity index is 1.31. The van der Waals surface area contributed by atoms with Crippen LogP contribution in [0.3, 0.4) is 0 Å². The summed E-state index contributed by atoms with van der Waals surface area (Å²) in [5.74, 6) is 0.822. The second-order valence-electron chi connectivity index (χ2n) is 9.66. The third-order valence-corrected chi connectivity index (χ3v) is 7.79. The smallest absolute Gasteiger partial charge is 0.330 e. The molecule has 0 bridgehead atoms. The van der Waals surface area contributed by atoms with Crippen LogP contribution in [0.15, 0.2) is 11.0 Å². The van der Waals surface area contributed by atoms with Gasteiger partial charge in [0.05, 0.1) is 6.20 Å². The van der Waals surface area contributed by atoms with E-state index in [-0.39, 0.29) is 17.6 Å². The number of anilines is 1. The summed E-state index contributed by atoms with van der Waals surface area (Å²) in [4.78, 5) is 35.8. The Hall–Kier alpha value is -2.38. The van der Waals surface area contributed by atoms with E-state index in [9.17, 15) is 9.59 Å². The van der Waals surface area contributed by atoms with Crippen LogP contribution in [0.4, 0.5) is 5.95 Å². The molecule has 0 atom stereocenters. The van der Waals surface area contributed by atoms with Gasteiger partial charge in [0, 0.05) is 39.1 Å². The molecule has 1 saturated heterocycles. The predicted octanol–water partition coefficient (Wildman–Crippen LogP) is 2.84. The summed E-state index contributed by atoms with van der Waals surface area (Å²) >= 11 is 0. The van der Waals surface area contributed by atoms with Crippen LogP contribution in [0, 0.1) is 5.41 Å². The molecular weight excluding hydrogens is 380 g/mol. The van der Waals surface area contributed by atoms with E-state index in [4.69, 9.17) is 4.98 Å². The van der Waals surface area contributed by atoms with Gasteiger partial charge >= 0.3 is 5.69 Å². The molecule has 162 valence electrons. The van der Waals surface area contributed by atoms with Crippen LogP contribution in [0.1, 0.15) is 70.8 Å². The predicted molar refractivity (Wildman–Crippen MR) is 115 cm³/mol. The van der Waals surface area contributed by atoms with Gasteiger partial charge in [-0.15, -0.1) is 0 Å². The minimum atomic E-state index is 0.0132. The fourth-order valence-corrected chi connectivity index (χ4v) is 5.87. The molecule has 5 rings (SSSR count). The Morgan fingerprint density at radius 2 is 1.90 bits per heavy atom. The largest absolute Gasteiger partial charge is 0.351 e. The van der Waals surface area contributed by atoms with Gasteiger partial charge in [0.2, 0.25) is 11.9 Å². The summed E-state index contributed by atoms with van der Waals surface area (Å²) in [5, 5.41) is 3.53. The Morgan fingerprint density at radius 3 is 2.57 bits per heavy atom. The highest BCUT2D eigenvalue weighted by atomic mass is 16.2. The summed E-state index contributed by atoms with van der Waals surface area (Å²) < 4.78 is 3.56. The zero-order valence-corrected chi connectivity index (χ0v) is 18.1. The monoisotopic (exact) mass is 412 g/mol. The number of nitrogens with zero attached hydrogens (tertiary/aromatic N) is 5. The lowest BCUT2D eigenvalue weighted by Gasteiger charge is -2.37. The molecule has 3 aliphatic rings. The number of rotatable bonds is 3. The molecule has 0 aromatic carbocycles. The van der Waals surface area contributed by atoms with Crippen LogP contribution >= 0.6 is 0 Å². The normalized spacial score (nSPS) is 27.4. The lowest BCUT2D eigenvalue weighted by molar-refractivity contribution is -0.128. The molecule has 2 aromatic rings. The number of hydrogen-bond donors (Lipinski definition) is 1. The number of carbonyl (C=O) groups is 1. The van der Waals surface area contributed by atoms with Crippen molar-refractivity contribution in [1.82, 2.24) is 24.0 Å². The molecule has 8 heteroatoms. The highest BCUT2D eigenvalue weighted by Gasteiger charge is 2.41. The van der Waals surface area contributed by atoms with Crippen molar-refractivity contribution in [3.63, 3.8) is 0 Å². The van der Waals surface area contributed by atoms with Crippen LogP contribution in [0.25, 0.3) is 11.2 Å². The van der Waals surface area contributed by atoms with Crippen LogP contribution in [-0.4, -0.2) is 49.0 Å². The van der Waals surface area contributed by atoms with Crippen molar-refractivity contribution in [3.05, 3.63) is 16.7 Å². The number of likely N-dealkylation sites (tertiary alicyclic amines) is 1.